The lowest BCUT2D eigenvalue weighted by molar-refractivity contribution is 0.0785. The molecule has 5 rings (SSSR count). The van der Waals surface area contributed by atoms with Gasteiger partial charge in [0.05, 0.1) is 29.0 Å². The maximum atomic E-state index is 13.9. The zero-order valence-corrected chi connectivity index (χ0v) is 19.6. The number of nitrogens with zero attached hydrogens (tertiary/aromatic N) is 3. The number of allylic oxidation sites excluding steroid dienone is 1. The summed E-state index contributed by atoms with van der Waals surface area (Å²) in [5.41, 5.74) is 7.06. The Labute approximate surface area is 197 Å². The third kappa shape index (κ3) is 4.00. The third-order valence-corrected chi connectivity index (χ3v) is 6.52. The number of hydrogen-bond acceptors (Lipinski definition) is 4. The number of carbonyl (C=O) groups is 1. The van der Waals surface area contributed by atoms with Crippen molar-refractivity contribution in [1.29, 1.82) is 0 Å². The molecule has 0 saturated carbocycles. The highest BCUT2D eigenvalue weighted by atomic mass is 19.1. The van der Waals surface area contributed by atoms with E-state index in [9.17, 15) is 9.18 Å². The van der Waals surface area contributed by atoms with Gasteiger partial charge in [-0.25, -0.2) is 9.37 Å². The van der Waals surface area contributed by atoms with Crippen molar-refractivity contribution in [1.82, 2.24) is 15.0 Å². The van der Waals surface area contributed by atoms with Crippen molar-refractivity contribution >= 4 is 28.5 Å². The van der Waals surface area contributed by atoms with E-state index in [1.807, 2.05) is 45.2 Å². The highest BCUT2D eigenvalue weighted by molar-refractivity contribution is 6.09. The first-order valence-electron chi connectivity index (χ1n) is 11.5. The van der Waals surface area contributed by atoms with E-state index in [0.717, 1.165) is 69.6 Å². The molecule has 2 aromatic carbocycles. The zero-order valence-electron chi connectivity index (χ0n) is 19.6. The number of pyridine rings is 1. The van der Waals surface area contributed by atoms with Crippen molar-refractivity contribution in [2.45, 2.75) is 39.7 Å². The Balaban J connectivity index is 1.62. The Morgan fingerprint density at radius 3 is 2.62 bits per heavy atom. The summed E-state index contributed by atoms with van der Waals surface area (Å²) in [5.74, 6) is 0.422. The van der Waals surface area contributed by atoms with Crippen molar-refractivity contribution < 1.29 is 13.7 Å². The second-order valence-electron chi connectivity index (χ2n) is 8.87. The number of fused-ring (bicyclic) bond motifs is 2. The van der Waals surface area contributed by atoms with Gasteiger partial charge >= 0.3 is 0 Å². The topological polar surface area (TPSA) is 59.2 Å². The number of hydrogen-bond donors (Lipinski definition) is 0. The second kappa shape index (κ2) is 8.86. The fourth-order valence-corrected chi connectivity index (χ4v) is 4.71. The molecule has 0 aliphatic heterocycles. The van der Waals surface area contributed by atoms with Crippen LogP contribution in [0.25, 0.3) is 22.6 Å². The predicted molar refractivity (Wildman–Crippen MR) is 131 cm³/mol. The number of para-hydroxylation sites is 1. The monoisotopic (exact) mass is 455 g/mol. The van der Waals surface area contributed by atoms with Crippen LogP contribution in [-0.2, 0) is 13.0 Å². The summed E-state index contributed by atoms with van der Waals surface area (Å²) in [6, 6.07) is 14.3. The molecular formula is C28H26FN3O2. The molecule has 34 heavy (non-hydrogen) atoms. The molecule has 0 radical (unpaired) electrons. The van der Waals surface area contributed by atoms with Crippen LogP contribution in [0.15, 0.2) is 53.1 Å². The summed E-state index contributed by atoms with van der Waals surface area (Å²) in [6.07, 6.45) is 4.63. The fourth-order valence-electron chi connectivity index (χ4n) is 4.71. The van der Waals surface area contributed by atoms with Crippen molar-refractivity contribution in [3.05, 3.63) is 93.8 Å². The standard InChI is InChI=1S/C28H26FN3O2/c1-17-24(18(2)34-31-17)16-32(3)28(33)26-22-8-4-5-10-25(22)30-27-20(7-6-9-23(26)27)15-19-11-13-21(29)14-12-19/h4-5,8,10-15H,6-7,9,16H2,1-3H3/b20-15+. The first-order chi connectivity index (χ1) is 16.4. The van der Waals surface area contributed by atoms with Crippen LogP contribution >= 0.6 is 0 Å². The Hall–Kier alpha value is -3.80. The van der Waals surface area contributed by atoms with Crippen molar-refractivity contribution in [3.63, 3.8) is 0 Å². The molecule has 0 N–H and O–H groups in total. The van der Waals surface area contributed by atoms with E-state index in [-0.39, 0.29) is 11.7 Å². The molecule has 0 atom stereocenters. The van der Waals surface area contributed by atoms with Crippen LogP contribution in [-0.4, -0.2) is 28.0 Å². The van der Waals surface area contributed by atoms with E-state index < -0.39 is 0 Å². The molecule has 0 bridgehead atoms. The molecule has 2 aromatic heterocycles. The van der Waals surface area contributed by atoms with Gasteiger partial charge in [-0.15, -0.1) is 0 Å². The maximum Gasteiger partial charge on any atom is 0.254 e. The molecule has 172 valence electrons. The van der Waals surface area contributed by atoms with Gasteiger partial charge in [0.25, 0.3) is 5.91 Å². The van der Waals surface area contributed by atoms with Gasteiger partial charge in [0, 0.05) is 18.0 Å². The van der Waals surface area contributed by atoms with Crippen LogP contribution in [0, 0.1) is 19.7 Å². The lowest BCUT2D eigenvalue weighted by Gasteiger charge is -2.25. The summed E-state index contributed by atoms with van der Waals surface area (Å²) in [7, 11) is 1.81. The highest BCUT2D eigenvalue weighted by Gasteiger charge is 2.27. The van der Waals surface area contributed by atoms with Crippen LogP contribution in [0.3, 0.4) is 0 Å². The Morgan fingerprint density at radius 2 is 1.88 bits per heavy atom. The molecule has 1 aliphatic rings. The van der Waals surface area contributed by atoms with E-state index in [4.69, 9.17) is 9.51 Å². The lowest BCUT2D eigenvalue weighted by Crippen LogP contribution is -2.29. The van der Waals surface area contributed by atoms with Crippen molar-refractivity contribution in [3.8, 4) is 0 Å². The minimum atomic E-state index is -0.260. The fraction of sp³-hybridized carbons (Fsp3) is 0.250. The van der Waals surface area contributed by atoms with Gasteiger partial charge in [-0.05, 0) is 74.1 Å². The van der Waals surface area contributed by atoms with E-state index in [1.54, 1.807) is 17.0 Å². The zero-order chi connectivity index (χ0) is 23.8. The van der Waals surface area contributed by atoms with E-state index in [0.29, 0.717) is 12.1 Å². The normalized spacial score (nSPS) is 14.4. The predicted octanol–water partition coefficient (Wildman–Crippen LogP) is 6.13. The molecule has 4 aromatic rings. The summed E-state index contributed by atoms with van der Waals surface area (Å²) < 4.78 is 18.7. The number of rotatable bonds is 4. The largest absolute Gasteiger partial charge is 0.361 e. The Kier molecular flexibility index (Phi) is 5.74. The van der Waals surface area contributed by atoms with Gasteiger partial charge < -0.3 is 9.42 Å². The molecule has 0 unspecified atom stereocenters. The van der Waals surface area contributed by atoms with Crippen LogP contribution in [0.2, 0.25) is 0 Å². The molecular weight excluding hydrogens is 429 g/mol. The third-order valence-electron chi connectivity index (χ3n) is 6.52. The average Bonchev–Trinajstić information content (AvgIpc) is 3.16. The molecule has 5 nitrogen and oxygen atoms in total. The smallest absolute Gasteiger partial charge is 0.254 e. The number of carbonyl (C=O) groups excluding carboxylic acids is 1. The Morgan fingerprint density at radius 1 is 1.12 bits per heavy atom. The highest BCUT2D eigenvalue weighted by Crippen LogP contribution is 2.36. The van der Waals surface area contributed by atoms with E-state index >= 15 is 0 Å². The van der Waals surface area contributed by atoms with Gasteiger partial charge in [-0.2, -0.15) is 0 Å². The van der Waals surface area contributed by atoms with Gasteiger partial charge in [0.15, 0.2) is 0 Å². The minimum Gasteiger partial charge on any atom is -0.361 e. The van der Waals surface area contributed by atoms with Gasteiger partial charge in [0.1, 0.15) is 11.6 Å². The number of benzene rings is 2. The molecule has 0 spiro atoms. The van der Waals surface area contributed by atoms with E-state index in [1.165, 1.54) is 12.1 Å². The van der Waals surface area contributed by atoms with Crippen molar-refractivity contribution in [2.24, 2.45) is 0 Å². The number of amides is 1. The molecule has 0 fully saturated rings. The van der Waals surface area contributed by atoms with Crippen molar-refractivity contribution in [2.75, 3.05) is 7.05 Å². The average molecular weight is 456 g/mol. The minimum absolute atomic E-state index is 0.0436. The summed E-state index contributed by atoms with van der Waals surface area (Å²) >= 11 is 0. The second-order valence-corrected chi connectivity index (χ2v) is 8.87. The van der Waals surface area contributed by atoms with E-state index in [2.05, 4.69) is 11.2 Å². The first kappa shape index (κ1) is 22.0. The van der Waals surface area contributed by atoms with Crippen LogP contribution in [0.1, 0.15) is 57.0 Å². The SMILES string of the molecule is Cc1noc(C)c1CN(C)C(=O)c1c2c(nc3ccccc13)/C(=C/c1ccc(F)cc1)CCC2. The summed E-state index contributed by atoms with van der Waals surface area (Å²) in [4.78, 5) is 20.6. The van der Waals surface area contributed by atoms with Crippen LogP contribution in [0.5, 0.6) is 0 Å². The molecule has 1 amide bonds. The summed E-state index contributed by atoms with van der Waals surface area (Å²) in [5, 5.41) is 4.88. The molecule has 6 heteroatoms. The lowest BCUT2D eigenvalue weighted by atomic mass is 9.85. The molecule has 0 saturated heterocycles. The molecule has 2 heterocycles. The summed E-state index contributed by atoms with van der Waals surface area (Å²) in [6.45, 7) is 4.17. The van der Waals surface area contributed by atoms with Crippen LogP contribution in [0.4, 0.5) is 4.39 Å². The molecule has 1 aliphatic carbocycles. The quantitative estimate of drug-likeness (QED) is 0.372. The van der Waals surface area contributed by atoms with Gasteiger partial charge in [-0.3, -0.25) is 4.79 Å². The number of aryl methyl sites for hydroxylation is 2. The van der Waals surface area contributed by atoms with Gasteiger partial charge in [-0.1, -0.05) is 35.5 Å². The maximum absolute atomic E-state index is 13.9. The number of aromatic nitrogens is 2. The number of halogens is 1. The van der Waals surface area contributed by atoms with Gasteiger partial charge in [0.2, 0.25) is 0 Å². The van der Waals surface area contributed by atoms with Crippen LogP contribution < -0.4 is 0 Å². The Bertz CT molecular complexity index is 1400. The first-order valence-corrected chi connectivity index (χ1v) is 11.5.